The van der Waals surface area contributed by atoms with Crippen LogP contribution in [0, 0.1) is 3.83 Å². The van der Waals surface area contributed by atoms with Crippen LogP contribution in [0.2, 0.25) is 0 Å². The monoisotopic (exact) mass is 481 g/mol. The predicted octanol–water partition coefficient (Wildman–Crippen LogP) is 0.792. The highest BCUT2D eigenvalue weighted by atomic mass is 127. The highest BCUT2D eigenvalue weighted by molar-refractivity contribution is 14.1. The fraction of sp³-hybridized carbons (Fsp3) is 0.312. The molecule has 1 aliphatic rings. The lowest BCUT2D eigenvalue weighted by Crippen LogP contribution is -2.41. The molecule has 2 amide bonds. The molecule has 140 valence electrons. The topological polar surface area (TPSA) is 107 Å². The van der Waals surface area contributed by atoms with Crippen molar-refractivity contribution in [3.8, 4) is 0 Å². The van der Waals surface area contributed by atoms with E-state index in [9.17, 15) is 9.59 Å². The molecule has 0 saturated carbocycles. The quantitative estimate of drug-likeness (QED) is 0.555. The van der Waals surface area contributed by atoms with Crippen LogP contribution in [0.15, 0.2) is 24.5 Å². The molecule has 1 N–H and O–H groups in total. The molecule has 0 atom stereocenters. The number of aromatic nitrogens is 5. The summed E-state index contributed by atoms with van der Waals surface area (Å²) in [6.07, 6.45) is 3.10. The Morgan fingerprint density at radius 1 is 1.26 bits per heavy atom. The van der Waals surface area contributed by atoms with Gasteiger partial charge in [-0.05, 0) is 12.1 Å². The summed E-state index contributed by atoms with van der Waals surface area (Å²) in [5, 5.41) is 11.1. The molecule has 4 heterocycles. The number of rotatable bonds is 3. The Bertz CT molecular complexity index is 1020. The van der Waals surface area contributed by atoms with Crippen LogP contribution in [0.1, 0.15) is 20.8 Å². The summed E-state index contributed by atoms with van der Waals surface area (Å²) in [4.78, 5) is 31.5. The van der Waals surface area contributed by atoms with Gasteiger partial charge in [0.25, 0.3) is 11.8 Å². The number of nitrogens with zero attached hydrogens (tertiary/aromatic N) is 6. The number of hydrogen-bond acceptors (Lipinski definition) is 6. The van der Waals surface area contributed by atoms with E-state index in [1.807, 2.05) is 22.6 Å². The van der Waals surface area contributed by atoms with Crippen LogP contribution in [0.4, 0.5) is 5.69 Å². The SMILES string of the molecule is Cn1ncc(C(=O)N2CCOCC2)c1C(=O)Nc1ccc2nc(I)nn2c1. The fourth-order valence-electron chi connectivity index (χ4n) is 2.92. The number of anilines is 1. The number of morpholine rings is 1. The summed E-state index contributed by atoms with van der Waals surface area (Å²) in [7, 11) is 1.63. The van der Waals surface area contributed by atoms with Gasteiger partial charge in [0.1, 0.15) is 5.69 Å². The lowest BCUT2D eigenvalue weighted by molar-refractivity contribution is 0.0302. The van der Waals surface area contributed by atoms with Crippen molar-refractivity contribution in [3.05, 3.63) is 39.6 Å². The summed E-state index contributed by atoms with van der Waals surface area (Å²) >= 11 is 2.02. The molecule has 3 aromatic heterocycles. The maximum Gasteiger partial charge on any atom is 0.274 e. The molecule has 3 aromatic rings. The molecule has 11 heteroatoms. The Hall–Kier alpha value is -2.54. The van der Waals surface area contributed by atoms with Crippen LogP contribution in [0.5, 0.6) is 0 Å². The van der Waals surface area contributed by atoms with Crippen molar-refractivity contribution in [3.63, 3.8) is 0 Å². The predicted molar refractivity (Wildman–Crippen MR) is 104 cm³/mol. The Balaban J connectivity index is 1.59. The third kappa shape index (κ3) is 3.51. The van der Waals surface area contributed by atoms with E-state index in [1.54, 1.807) is 34.8 Å². The Kier molecular flexibility index (Phi) is 4.78. The van der Waals surface area contributed by atoms with Gasteiger partial charge >= 0.3 is 0 Å². The molecule has 0 radical (unpaired) electrons. The largest absolute Gasteiger partial charge is 0.378 e. The van der Waals surface area contributed by atoms with Crippen LogP contribution in [-0.4, -0.2) is 67.4 Å². The van der Waals surface area contributed by atoms with Gasteiger partial charge in [-0.2, -0.15) is 5.10 Å². The van der Waals surface area contributed by atoms with Gasteiger partial charge in [0.05, 0.1) is 36.9 Å². The molecular weight excluding hydrogens is 465 g/mol. The highest BCUT2D eigenvalue weighted by Crippen LogP contribution is 2.16. The summed E-state index contributed by atoms with van der Waals surface area (Å²) in [5.41, 5.74) is 1.70. The second-order valence-electron chi connectivity index (χ2n) is 5.99. The molecule has 1 saturated heterocycles. The first kappa shape index (κ1) is 17.9. The minimum absolute atomic E-state index is 0.208. The first-order valence-electron chi connectivity index (χ1n) is 8.25. The van der Waals surface area contributed by atoms with E-state index in [0.29, 0.717) is 41.5 Å². The molecule has 0 aromatic carbocycles. The first-order chi connectivity index (χ1) is 13.0. The van der Waals surface area contributed by atoms with Gasteiger partial charge in [-0.25, -0.2) is 9.50 Å². The molecule has 0 aliphatic carbocycles. The number of hydrogen-bond donors (Lipinski definition) is 1. The van der Waals surface area contributed by atoms with Gasteiger partial charge in [-0.15, -0.1) is 5.10 Å². The van der Waals surface area contributed by atoms with E-state index in [1.165, 1.54) is 10.9 Å². The average molecular weight is 481 g/mol. The second-order valence-corrected chi connectivity index (χ2v) is 6.96. The van der Waals surface area contributed by atoms with Gasteiger partial charge in [0.2, 0.25) is 3.83 Å². The summed E-state index contributed by atoms with van der Waals surface area (Å²) in [5.74, 6) is -0.640. The van der Waals surface area contributed by atoms with E-state index in [2.05, 4.69) is 20.5 Å². The van der Waals surface area contributed by atoms with Crippen molar-refractivity contribution in [1.82, 2.24) is 29.3 Å². The van der Waals surface area contributed by atoms with E-state index >= 15 is 0 Å². The number of nitrogens with one attached hydrogen (secondary N) is 1. The van der Waals surface area contributed by atoms with Crippen LogP contribution in [0.25, 0.3) is 5.65 Å². The molecule has 1 fully saturated rings. The van der Waals surface area contributed by atoms with E-state index in [-0.39, 0.29) is 17.2 Å². The van der Waals surface area contributed by atoms with Crippen LogP contribution in [0.3, 0.4) is 0 Å². The number of halogens is 1. The number of carbonyl (C=O) groups is 2. The molecule has 0 spiro atoms. The van der Waals surface area contributed by atoms with Crippen molar-refractivity contribution >= 4 is 45.7 Å². The molecule has 0 bridgehead atoms. The Morgan fingerprint density at radius 3 is 2.81 bits per heavy atom. The third-order valence-corrected chi connectivity index (χ3v) is 4.70. The van der Waals surface area contributed by atoms with Gasteiger partial charge in [-0.1, -0.05) is 0 Å². The summed E-state index contributed by atoms with van der Waals surface area (Å²) < 4.78 is 8.88. The maximum atomic E-state index is 12.8. The molecule has 10 nitrogen and oxygen atoms in total. The van der Waals surface area contributed by atoms with Crippen LogP contribution < -0.4 is 5.32 Å². The Labute approximate surface area is 167 Å². The number of aryl methyl sites for hydroxylation is 1. The zero-order valence-corrected chi connectivity index (χ0v) is 16.6. The van der Waals surface area contributed by atoms with Crippen molar-refractivity contribution in [2.45, 2.75) is 0 Å². The fourth-order valence-corrected chi connectivity index (χ4v) is 3.40. The third-order valence-electron chi connectivity index (χ3n) is 4.25. The van der Waals surface area contributed by atoms with Crippen molar-refractivity contribution in [2.75, 3.05) is 31.6 Å². The van der Waals surface area contributed by atoms with E-state index < -0.39 is 5.91 Å². The zero-order valence-electron chi connectivity index (χ0n) is 14.4. The minimum Gasteiger partial charge on any atom is -0.378 e. The Morgan fingerprint density at radius 2 is 2.04 bits per heavy atom. The molecule has 1 aliphatic heterocycles. The van der Waals surface area contributed by atoms with Crippen molar-refractivity contribution in [2.24, 2.45) is 7.05 Å². The molecular formula is C16H16IN7O3. The second kappa shape index (κ2) is 7.23. The van der Waals surface area contributed by atoms with Gasteiger partial charge < -0.3 is 15.0 Å². The molecule has 0 unspecified atom stereocenters. The zero-order chi connectivity index (χ0) is 19.0. The lowest BCUT2D eigenvalue weighted by atomic mass is 10.2. The number of carbonyl (C=O) groups excluding carboxylic acids is 2. The van der Waals surface area contributed by atoms with E-state index in [4.69, 9.17) is 4.74 Å². The van der Waals surface area contributed by atoms with Gasteiger partial charge in [0, 0.05) is 42.7 Å². The number of fused-ring (bicyclic) bond motifs is 1. The average Bonchev–Trinajstić information content (AvgIpc) is 3.23. The standard InChI is InChI=1S/C16H16IN7O3/c1-22-13(11(8-18-22)15(26)23-4-6-27-7-5-23)14(25)19-10-2-3-12-20-16(17)21-24(12)9-10/h2-3,8-9H,4-7H2,1H3,(H,19,25). The van der Waals surface area contributed by atoms with E-state index in [0.717, 1.165) is 0 Å². The smallest absolute Gasteiger partial charge is 0.274 e. The van der Waals surface area contributed by atoms with Crippen molar-refractivity contribution < 1.29 is 14.3 Å². The molecule has 27 heavy (non-hydrogen) atoms. The number of pyridine rings is 1. The number of amides is 2. The normalized spacial score (nSPS) is 14.5. The first-order valence-corrected chi connectivity index (χ1v) is 9.33. The minimum atomic E-state index is -0.416. The summed E-state index contributed by atoms with van der Waals surface area (Å²) in [6, 6.07) is 3.49. The van der Waals surface area contributed by atoms with Gasteiger partial charge in [0.15, 0.2) is 5.65 Å². The number of ether oxygens (including phenoxy) is 1. The summed E-state index contributed by atoms with van der Waals surface area (Å²) in [6.45, 7) is 1.97. The van der Waals surface area contributed by atoms with Crippen LogP contribution >= 0.6 is 22.6 Å². The highest BCUT2D eigenvalue weighted by Gasteiger charge is 2.27. The van der Waals surface area contributed by atoms with Crippen LogP contribution in [-0.2, 0) is 11.8 Å². The van der Waals surface area contributed by atoms with Gasteiger partial charge in [-0.3, -0.25) is 14.3 Å². The molecule has 4 rings (SSSR count). The maximum absolute atomic E-state index is 12.8. The van der Waals surface area contributed by atoms with Crippen molar-refractivity contribution in [1.29, 1.82) is 0 Å². The lowest BCUT2D eigenvalue weighted by Gasteiger charge is -2.26.